The minimum atomic E-state index is -0.144. The van der Waals surface area contributed by atoms with Crippen LogP contribution < -0.4 is 10.9 Å². The largest absolute Gasteiger partial charge is 0.381 e. The molecule has 2 rings (SSSR count). The molecule has 0 spiro atoms. The molecule has 2 heterocycles. The average Bonchev–Trinajstić information content (AvgIpc) is 2.34. The highest BCUT2D eigenvalue weighted by Crippen LogP contribution is 2.20. The van der Waals surface area contributed by atoms with Gasteiger partial charge in [-0.25, -0.2) is 0 Å². The summed E-state index contributed by atoms with van der Waals surface area (Å²) in [6, 6.07) is 1.49. The van der Waals surface area contributed by atoms with E-state index in [0.29, 0.717) is 24.6 Å². The van der Waals surface area contributed by atoms with Crippen molar-refractivity contribution in [3.63, 3.8) is 0 Å². The Hall–Kier alpha value is -1.62. The summed E-state index contributed by atoms with van der Waals surface area (Å²) in [5.41, 5.74) is 2.05. The number of nitrogens with one attached hydrogen (secondary N) is 2. The molecule has 0 radical (unpaired) electrons. The van der Waals surface area contributed by atoms with E-state index in [1.54, 1.807) is 6.92 Å². The van der Waals surface area contributed by atoms with Crippen LogP contribution in [-0.4, -0.2) is 24.1 Å². The SMILES string of the molecule is Cc1cc(=O)[nH]c(C)c1NC(=O)C1CCOCC1. The van der Waals surface area contributed by atoms with Gasteiger partial charge in [-0.2, -0.15) is 0 Å². The molecule has 5 heteroatoms. The summed E-state index contributed by atoms with van der Waals surface area (Å²) in [6.07, 6.45) is 1.51. The van der Waals surface area contributed by atoms with Gasteiger partial charge in [0.25, 0.3) is 0 Å². The molecule has 98 valence electrons. The number of carbonyl (C=O) groups excluding carboxylic acids is 1. The number of aromatic amines is 1. The molecule has 1 aromatic rings. The van der Waals surface area contributed by atoms with Crippen LogP contribution in [0.1, 0.15) is 24.1 Å². The quantitative estimate of drug-likeness (QED) is 0.832. The normalized spacial score (nSPS) is 16.6. The fourth-order valence-corrected chi connectivity index (χ4v) is 2.23. The third kappa shape index (κ3) is 2.79. The Morgan fingerprint density at radius 3 is 2.67 bits per heavy atom. The van der Waals surface area contributed by atoms with Gasteiger partial charge in [-0.15, -0.1) is 0 Å². The van der Waals surface area contributed by atoms with E-state index in [2.05, 4.69) is 10.3 Å². The standard InChI is InChI=1S/C13H18N2O3/c1-8-7-11(16)14-9(2)12(8)15-13(17)10-3-5-18-6-4-10/h7,10H,3-6H2,1-2H3,(H,14,16)(H,15,17). The van der Waals surface area contributed by atoms with Crippen molar-refractivity contribution in [2.24, 2.45) is 5.92 Å². The molecule has 0 unspecified atom stereocenters. The van der Waals surface area contributed by atoms with Crippen molar-refractivity contribution >= 4 is 11.6 Å². The number of anilines is 1. The molecular weight excluding hydrogens is 232 g/mol. The number of rotatable bonds is 2. The number of hydrogen-bond donors (Lipinski definition) is 2. The van der Waals surface area contributed by atoms with Crippen molar-refractivity contribution < 1.29 is 9.53 Å². The first-order chi connectivity index (χ1) is 8.58. The Morgan fingerprint density at radius 2 is 2.06 bits per heavy atom. The van der Waals surface area contributed by atoms with E-state index in [1.807, 2.05) is 6.92 Å². The molecule has 0 aromatic carbocycles. The number of carbonyl (C=O) groups is 1. The van der Waals surface area contributed by atoms with E-state index in [4.69, 9.17) is 4.74 Å². The second kappa shape index (κ2) is 5.35. The molecule has 18 heavy (non-hydrogen) atoms. The highest BCUT2D eigenvalue weighted by Gasteiger charge is 2.22. The number of ether oxygens (including phenoxy) is 1. The lowest BCUT2D eigenvalue weighted by molar-refractivity contribution is -0.122. The molecule has 2 N–H and O–H groups in total. The molecule has 0 saturated carbocycles. The molecular formula is C13H18N2O3. The zero-order valence-electron chi connectivity index (χ0n) is 10.7. The maximum Gasteiger partial charge on any atom is 0.248 e. The minimum Gasteiger partial charge on any atom is -0.381 e. The lowest BCUT2D eigenvalue weighted by Crippen LogP contribution is -2.29. The molecule has 1 aliphatic rings. The van der Waals surface area contributed by atoms with Crippen molar-refractivity contribution in [2.75, 3.05) is 18.5 Å². The first-order valence-corrected chi connectivity index (χ1v) is 6.17. The van der Waals surface area contributed by atoms with Crippen LogP contribution in [-0.2, 0) is 9.53 Å². The third-order valence-electron chi connectivity index (χ3n) is 3.27. The first-order valence-electron chi connectivity index (χ1n) is 6.17. The minimum absolute atomic E-state index is 0.00415. The summed E-state index contributed by atoms with van der Waals surface area (Å²) < 4.78 is 5.24. The van der Waals surface area contributed by atoms with Crippen LogP contribution in [0.4, 0.5) is 5.69 Å². The third-order valence-corrected chi connectivity index (χ3v) is 3.27. The highest BCUT2D eigenvalue weighted by atomic mass is 16.5. The van der Waals surface area contributed by atoms with Gasteiger partial charge in [-0.3, -0.25) is 9.59 Å². The maximum atomic E-state index is 12.1. The Kier molecular flexibility index (Phi) is 3.81. The van der Waals surface area contributed by atoms with Crippen molar-refractivity contribution in [1.29, 1.82) is 0 Å². The Morgan fingerprint density at radius 1 is 1.39 bits per heavy atom. The predicted molar refractivity (Wildman–Crippen MR) is 68.7 cm³/mol. The molecule has 1 saturated heterocycles. The molecule has 5 nitrogen and oxygen atoms in total. The van der Waals surface area contributed by atoms with Crippen LogP contribution in [0.2, 0.25) is 0 Å². The van der Waals surface area contributed by atoms with E-state index in [0.717, 1.165) is 18.4 Å². The van der Waals surface area contributed by atoms with E-state index < -0.39 is 0 Å². The van der Waals surface area contributed by atoms with Crippen molar-refractivity contribution in [3.8, 4) is 0 Å². The number of hydrogen-bond acceptors (Lipinski definition) is 3. The van der Waals surface area contributed by atoms with Gasteiger partial charge in [0, 0.05) is 30.9 Å². The monoisotopic (exact) mass is 250 g/mol. The molecule has 1 aliphatic heterocycles. The van der Waals surface area contributed by atoms with Crippen LogP contribution in [0.25, 0.3) is 0 Å². The first kappa shape index (κ1) is 12.8. The van der Waals surface area contributed by atoms with Gasteiger partial charge in [0.1, 0.15) is 0 Å². The van der Waals surface area contributed by atoms with Gasteiger partial charge in [-0.05, 0) is 32.3 Å². The fraction of sp³-hybridized carbons (Fsp3) is 0.538. The van der Waals surface area contributed by atoms with Crippen LogP contribution in [0.15, 0.2) is 10.9 Å². The van der Waals surface area contributed by atoms with Gasteiger partial charge in [0.15, 0.2) is 0 Å². The Bertz CT molecular complexity index is 475. The summed E-state index contributed by atoms with van der Waals surface area (Å²) in [7, 11) is 0. The summed E-state index contributed by atoms with van der Waals surface area (Å²) >= 11 is 0. The molecule has 1 amide bonds. The molecule has 0 bridgehead atoms. The van der Waals surface area contributed by atoms with Crippen LogP contribution in [0, 0.1) is 19.8 Å². The Labute approximate surface area is 106 Å². The summed E-state index contributed by atoms with van der Waals surface area (Å²) in [5.74, 6) is 0.0148. The second-order valence-electron chi connectivity index (χ2n) is 4.69. The lowest BCUT2D eigenvalue weighted by atomic mass is 9.99. The van der Waals surface area contributed by atoms with Crippen molar-refractivity contribution in [3.05, 3.63) is 27.7 Å². The highest BCUT2D eigenvalue weighted by molar-refractivity contribution is 5.93. The van der Waals surface area contributed by atoms with Crippen LogP contribution >= 0.6 is 0 Å². The van der Waals surface area contributed by atoms with Gasteiger partial charge < -0.3 is 15.0 Å². The van der Waals surface area contributed by atoms with E-state index >= 15 is 0 Å². The van der Waals surface area contributed by atoms with Gasteiger partial charge >= 0.3 is 0 Å². The van der Waals surface area contributed by atoms with Gasteiger partial charge in [-0.1, -0.05) is 0 Å². The average molecular weight is 250 g/mol. The molecule has 0 atom stereocenters. The molecule has 1 aromatic heterocycles. The second-order valence-corrected chi connectivity index (χ2v) is 4.69. The zero-order valence-corrected chi connectivity index (χ0v) is 10.7. The van der Waals surface area contributed by atoms with Gasteiger partial charge in [0.2, 0.25) is 11.5 Å². The van der Waals surface area contributed by atoms with E-state index in [-0.39, 0.29) is 17.4 Å². The van der Waals surface area contributed by atoms with Crippen molar-refractivity contribution in [1.82, 2.24) is 4.98 Å². The molecule has 0 aliphatic carbocycles. The smallest absolute Gasteiger partial charge is 0.248 e. The van der Waals surface area contributed by atoms with Gasteiger partial charge in [0.05, 0.1) is 5.69 Å². The maximum absolute atomic E-state index is 12.1. The number of pyridine rings is 1. The number of H-pyrrole nitrogens is 1. The van der Waals surface area contributed by atoms with E-state index in [1.165, 1.54) is 6.07 Å². The summed E-state index contributed by atoms with van der Waals surface area (Å²) in [5, 5.41) is 2.91. The van der Waals surface area contributed by atoms with Crippen molar-refractivity contribution in [2.45, 2.75) is 26.7 Å². The molecule has 1 fully saturated rings. The lowest BCUT2D eigenvalue weighted by Gasteiger charge is -2.22. The summed E-state index contributed by atoms with van der Waals surface area (Å²) in [4.78, 5) is 26.1. The Balaban J connectivity index is 2.13. The number of amides is 1. The predicted octanol–water partition coefficient (Wildman–Crippen LogP) is 1.36. The number of aryl methyl sites for hydroxylation is 2. The van der Waals surface area contributed by atoms with Crippen LogP contribution in [0.3, 0.4) is 0 Å². The van der Waals surface area contributed by atoms with E-state index in [9.17, 15) is 9.59 Å². The van der Waals surface area contributed by atoms with Crippen LogP contribution in [0.5, 0.6) is 0 Å². The fourth-order valence-electron chi connectivity index (χ4n) is 2.23. The number of aromatic nitrogens is 1. The summed E-state index contributed by atoms with van der Waals surface area (Å²) in [6.45, 7) is 4.89. The zero-order chi connectivity index (χ0) is 13.1. The topological polar surface area (TPSA) is 71.2 Å².